The van der Waals surface area contributed by atoms with Crippen LogP contribution in [-0.2, 0) is 6.54 Å². The molecule has 3 rings (SSSR count). The number of likely N-dealkylation sites (tertiary alicyclic amines) is 2. The molecular formula is C24H41N5O. The highest BCUT2D eigenvalue weighted by atomic mass is 16.5. The number of nitrogens with zero attached hydrogens (tertiary/aromatic N) is 4. The molecule has 0 aliphatic carbocycles. The average molecular weight is 416 g/mol. The standard InChI is InChI=1S/C24H41N5O/c1-5-25-23(28(3)19-21-9-11-22(30-4)12-10-21)26-20-24(13-17-27(2)18-14-24)29-15-7-6-8-16-29/h9-12H,5-8,13-20H2,1-4H3,(H,25,26). The summed E-state index contributed by atoms with van der Waals surface area (Å²) in [4.78, 5) is 12.7. The number of piperidine rings is 2. The Morgan fingerprint density at radius 3 is 2.37 bits per heavy atom. The fraction of sp³-hybridized carbons (Fsp3) is 0.708. The number of hydrogen-bond acceptors (Lipinski definition) is 4. The lowest BCUT2D eigenvalue weighted by molar-refractivity contribution is 0.0206. The number of rotatable bonds is 7. The summed E-state index contributed by atoms with van der Waals surface area (Å²) < 4.78 is 5.28. The quantitative estimate of drug-likeness (QED) is 0.548. The van der Waals surface area contributed by atoms with Crippen molar-refractivity contribution in [3.05, 3.63) is 29.8 Å². The van der Waals surface area contributed by atoms with Crippen LogP contribution in [0.25, 0.3) is 0 Å². The first kappa shape index (κ1) is 22.9. The third-order valence-electron chi connectivity index (χ3n) is 6.74. The maximum atomic E-state index is 5.28. The molecule has 2 saturated heterocycles. The van der Waals surface area contributed by atoms with Gasteiger partial charge < -0.3 is 19.9 Å². The van der Waals surface area contributed by atoms with E-state index in [9.17, 15) is 0 Å². The van der Waals surface area contributed by atoms with Crippen molar-refractivity contribution in [1.29, 1.82) is 0 Å². The van der Waals surface area contributed by atoms with Crippen LogP contribution in [0.2, 0.25) is 0 Å². The normalized spacial score (nSPS) is 20.7. The van der Waals surface area contributed by atoms with Gasteiger partial charge in [0.1, 0.15) is 5.75 Å². The summed E-state index contributed by atoms with van der Waals surface area (Å²) in [5, 5.41) is 3.52. The van der Waals surface area contributed by atoms with Crippen molar-refractivity contribution in [3.63, 3.8) is 0 Å². The molecule has 6 nitrogen and oxygen atoms in total. The van der Waals surface area contributed by atoms with Gasteiger partial charge in [0, 0.05) is 25.7 Å². The molecule has 6 heteroatoms. The van der Waals surface area contributed by atoms with Crippen LogP contribution in [0.15, 0.2) is 29.3 Å². The smallest absolute Gasteiger partial charge is 0.194 e. The molecule has 2 aliphatic heterocycles. The Morgan fingerprint density at radius 2 is 1.77 bits per heavy atom. The first-order valence-corrected chi connectivity index (χ1v) is 11.6. The van der Waals surface area contributed by atoms with E-state index >= 15 is 0 Å². The third-order valence-corrected chi connectivity index (χ3v) is 6.74. The molecule has 0 spiro atoms. The van der Waals surface area contributed by atoms with Crippen molar-refractivity contribution in [2.24, 2.45) is 4.99 Å². The maximum absolute atomic E-state index is 5.28. The van der Waals surface area contributed by atoms with E-state index in [0.29, 0.717) is 0 Å². The van der Waals surface area contributed by atoms with Crippen LogP contribution in [0.4, 0.5) is 0 Å². The summed E-state index contributed by atoms with van der Waals surface area (Å²) in [7, 11) is 6.09. The largest absolute Gasteiger partial charge is 0.497 e. The molecule has 0 unspecified atom stereocenters. The number of nitrogens with one attached hydrogen (secondary N) is 1. The van der Waals surface area contributed by atoms with Gasteiger partial charge >= 0.3 is 0 Å². The monoisotopic (exact) mass is 415 g/mol. The molecule has 1 N–H and O–H groups in total. The lowest BCUT2D eigenvalue weighted by atomic mass is 9.84. The number of guanidine groups is 1. The summed E-state index contributed by atoms with van der Waals surface area (Å²) in [5.41, 5.74) is 1.48. The molecule has 2 aliphatic rings. The van der Waals surface area contributed by atoms with Gasteiger partial charge in [-0.15, -0.1) is 0 Å². The van der Waals surface area contributed by atoms with E-state index in [4.69, 9.17) is 9.73 Å². The number of hydrogen-bond donors (Lipinski definition) is 1. The fourth-order valence-electron chi connectivity index (χ4n) is 4.75. The van der Waals surface area contributed by atoms with Gasteiger partial charge in [-0.25, -0.2) is 0 Å². The lowest BCUT2D eigenvalue weighted by Gasteiger charge is -2.49. The first-order chi connectivity index (χ1) is 14.6. The highest BCUT2D eigenvalue weighted by Gasteiger charge is 2.39. The number of benzene rings is 1. The van der Waals surface area contributed by atoms with E-state index < -0.39 is 0 Å². The van der Waals surface area contributed by atoms with Crippen molar-refractivity contribution in [1.82, 2.24) is 20.0 Å². The van der Waals surface area contributed by atoms with E-state index in [1.54, 1.807) is 7.11 Å². The summed E-state index contributed by atoms with van der Waals surface area (Å²) in [5.74, 6) is 1.90. The van der Waals surface area contributed by atoms with Gasteiger partial charge in [0.2, 0.25) is 0 Å². The number of methoxy groups -OCH3 is 1. The Labute approximate surface area is 183 Å². The summed E-state index contributed by atoms with van der Waals surface area (Å²) >= 11 is 0. The van der Waals surface area contributed by atoms with Gasteiger partial charge in [0.05, 0.1) is 13.7 Å². The summed E-state index contributed by atoms with van der Waals surface area (Å²) in [6.45, 7) is 9.55. The minimum Gasteiger partial charge on any atom is -0.497 e. The second kappa shape index (κ2) is 11.0. The van der Waals surface area contributed by atoms with Crippen molar-refractivity contribution < 1.29 is 4.74 Å². The number of aliphatic imine (C=N–C) groups is 1. The van der Waals surface area contributed by atoms with Gasteiger partial charge in [-0.2, -0.15) is 0 Å². The van der Waals surface area contributed by atoms with Crippen LogP contribution in [0.1, 0.15) is 44.6 Å². The Balaban J connectivity index is 1.72. The Hall–Kier alpha value is -1.79. The van der Waals surface area contributed by atoms with E-state index in [2.05, 4.69) is 53.2 Å². The molecule has 0 aromatic heterocycles. The van der Waals surface area contributed by atoms with E-state index in [0.717, 1.165) is 31.3 Å². The Morgan fingerprint density at radius 1 is 1.10 bits per heavy atom. The minimum atomic E-state index is 0.217. The van der Waals surface area contributed by atoms with Crippen LogP contribution in [0, 0.1) is 0 Å². The van der Waals surface area contributed by atoms with Crippen molar-refractivity contribution in [2.75, 3.05) is 60.5 Å². The van der Waals surface area contributed by atoms with Gasteiger partial charge in [-0.05, 0) is 83.5 Å². The van der Waals surface area contributed by atoms with Crippen molar-refractivity contribution in [2.45, 2.75) is 51.1 Å². The van der Waals surface area contributed by atoms with E-state index in [-0.39, 0.29) is 5.54 Å². The van der Waals surface area contributed by atoms with Crippen molar-refractivity contribution >= 4 is 5.96 Å². The Bertz CT molecular complexity index is 661. The molecule has 0 amide bonds. The van der Waals surface area contributed by atoms with Crippen molar-refractivity contribution in [3.8, 4) is 5.75 Å². The maximum Gasteiger partial charge on any atom is 0.194 e. The second-order valence-electron chi connectivity index (χ2n) is 8.95. The third kappa shape index (κ3) is 5.88. The summed E-state index contributed by atoms with van der Waals surface area (Å²) in [6.07, 6.45) is 6.48. The zero-order valence-corrected chi connectivity index (χ0v) is 19.5. The molecule has 1 aromatic rings. The first-order valence-electron chi connectivity index (χ1n) is 11.6. The van der Waals surface area contributed by atoms with Crippen LogP contribution in [0.5, 0.6) is 5.75 Å². The lowest BCUT2D eigenvalue weighted by Crippen LogP contribution is -2.58. The minimum absolute atomic E-state index is 0.217. The fourth-order valence-corrected chi connectivity index (χ4v) is 4.75. The zero-order valence-electron chi connectivity index (χ0n) is 19.5. The van der Waals surface area contributed by atoms with Crippen LogP contribution in [0.3, 0.4) is 0 Å². The molecular weight excluding hydrogens is 374 g/mol. The molecule has 30 heavy (non-hydrogen) atoms. The number of ether oxygens (including phenoxy) is 1. The molecule has 0 radical (unpaired) electrons. The molecule has 1 aromatic carbocycles. The van der Waals surface area contributed by atoms with Crippen LogP contribution < -0.4 is 10.1 Å². The molecule has 0 saturated carbocycles. The van der Waals surface area contributed by atoms with Gasteiger partial charge in [-0.1, -0.05) is 18.6 Å². The van der Waals surface area contributed by atoms with Gasteiger partial charge in [0.25, 0.3) is 0 Å². The predicted octanol–water partition coefficient (Wildman–Crippen LogP) is 3.04. The molecule has 0 atom stereocenters. The molecule has 2 fully saturated rings. The highest BCUT2D eigenvalue weighted by Crippen LogP contribution is 2.31. The topological polar surface area (TPSA) is 43.3 Å². The van der Waals surface area contributed by atoms with Crippen LogP contribution >= 0.6 is 0 Å². The van der Waals surface area contributed by atoms with E-state index in [1.165, 1.54) is 63.8 Å². The van der Waals surface area contributed by atoms with Gasteiger partial charge in [-0.3, -0.25) is 9.89 Å². The highest BCUT2D eigenvalue weighted by molar-refractivity contribution is 5.79. The summed E-state index contributed by atoms with van der Waals surface area (Å²) in [6, 6.07) is 8.31. The second-order valence-corrected chi connectivity index (χ2v) is 8.95. The van der Waals surface area contributed by atoms with E-state index in [1.807, 2.05) is 12.1 Å². The molecule has 168 valence electrons. The average Bonchev–Trinajstić information content (AvgIpc) is 2.79. The molecule has 0 bridgehead atoms. The predicted molar refractivity (Wildman–Crippen MR) is 125 cm³/mol. The zero-order chi connectivity index (χ0) is 21.4. The van der Waals surface area contributed by atoms with Crippen LogP contribution in [-0.4, -0.2) is 86.7 Å². The SMILES string of the molecule is CCNC(=NCC1(N2CCCCC2)CCN(C)CC1)N(C)Cc1ccc(OC)cc1. The Kier molecular flexibility index (Phi) is 8.40. The van der Waals surface area contributed by atoms with Gasteiger partial charge in [0.15, 0.2) is 5.96 Å². The molecule has 2 heterocycles.